The summed E-state index contributed by atoms with van der Waals surface area (Å²) < 4.78 is 12.8. The van der Waals surface area contributed by atoms with Gasteiger partial charge in [0, 0.05) is 17.6 Å². The first-order valence-electron chi connectivity index (χ1n) is 6.18. The Morgan fingerprint density at radius 1 is 1.05 bits per heavy atom. The number of rotatable bonds is 2. The fourth-order valence-corrected chi connectivity index (χ4v) is 1.65. The Morgan fingerprint density at radius 2 is 1.75 bits per heavy atom. The molecule has 0 aliphatic heterocycles. The van der Waals surface area contributed by atoms with E-state index in [9.17, 15) is 4.39 Å². The first kappa shape index (κ1) is 13.6. The predicted octanol–water partition coefficient (Wildman–Crippen LogP) is 4.17. The van der Waals surface area contributed by atoms with Crippen molar-refractivity contribution in [1.82, 2.24) is 0 Å². The smallest absolute Gasteiger partial charge is 0.123 e. The number of nitriles is 1. The maximum atomic E-state index is 12.8. The van der Waals surface area contributed by atoms with Crippen molar-refractivity contribution in [3.05, 3.63) is 77.1 Å². The van der Waals surface area contributed by atoms with Gasteiger partial charge in [-0.25, -0.2) is 4.39 Å². The third-order valence-electron chi connectivity index (χ3n) is 2.64. The van der Waals surface area contributed by atoms with E-state index in [1.54, 1.807) is 18.2 Å². The number of allylic oxidation sites excluding steroid dienone is 1. The van der Waals surface area contributed by atoms with Crippen molar-refractivity contribution >= 4 is 6.08 Å². The van der Waals surface area contributed by atoms with Crippen molar-refractivity contribution < 1.29 is 4.39 Å². The molecule has 0 heterocycles. The SMILES string of the molecule is N#C/C(=C\c1ccc(F)cc1)CC#Cc1ccccc1. The fourth-order valence-electron chi connectivity index (χ4n) is 1.65. The van der Waals surface area contributed by atoms with E-state index in [1.807, 2.05) is 30.3 Å². The van der Waals surface area contributed by atoms with Crippen LogP contribution in [0, 0.1) is 29.0 Å². The highest BCUT2D eigenvalue weighted by atomic mass is 19.1. The molecule has 2 aromatic carbocycles. The summed E-state index contributed by atoms with van der Waals surface area (Å²) in [5, 5.41) is 9.08. The van der Waals surface area contributed by atoms with Crippen LogP contribution in [0.3, 0.4) is 0 Å². The van der Waals surface area contributed by atoms with E-state index < -0.39 is 0 Å². The summed E-state index contributed by atoms with van der Waals surface area (Å²) in [6.07, 6.45) is 2.10. The molecule has 0 aliphatic rings. The van der Waals surface area contributed by atoms with Crippen LogP contribution in [0.2, 0.25) is 0 Å². The molecule has 0 saturated heterocycles. The Hall–Kier alpha value is -2.84. The number of hydrogen-bond acceptors (Lipinski definition) is 1. The first-order valence-corrected chi connectivity index (χ1v) is 6.18. The van der Waals surface area contributed by atoms with Crippen LogP contribution in [0.1, 0.15) is 17.5 Å². The van der Waals surface area contributed by atoms with E-state index in [2.05, 4.69) is 17.9 Å². The largest absolute Gasteiger partial charge is 0.207 e. The van der Waals surface area contributed by atoms with Gasteiger partial charge in [0.25, 0.3) is 0 Å². The van der Waals surface area contributed by atoms with Gasteiger partial charge < -0.3 is 0 Å². The van der Waals surface area contributed by atoms with Crippen LogP contribution in [0.25, 0.3) is 6.08 Å². The molecular formula is C18H12FN. The molecule has 0 atom stereocenters. The average Bonchev–Trinajstić information content (AvgIpc) is 2.49. The summed E-state index contributed by atoms with van der Waals surface area (Å²) in [7, 11) is 0. The highest BCUT2D eigenvalue weighted by Crippen LogP contribution is 2.10. The van der Waals surface area contributed by atoms with Gasteiger partial charge in [-0.2, -0.15) is 5.26 Å². The first-order chi connectivity index (χ1) is 9.78. The Bertz CT molecular complexity index is 695. The monoisotopic (exact) mass is 261 g/mol. The molecule has 0 amide bonds. The van der Waals surface area contributed by atoms with Gasteiger partial charge in [-0.1, -0.05) is 42.2 Å². The Balaban J connectivity index is 2.09. The van der Waals surface area contributed by atoms with Crippen molar-refractivity contribution in [1.29, 1.82) is 5.26 Å². The summed E-state index contributed by atoms with van der Waals surface area (Å²) in [6, 6.07) is 17.7. The number of nitrogens with zero attached hydrogens (tertiary/aromatic N) is 1. The number of benzene rings is 2. The minimum absolute atomic E-state index is 0.287. The highest BCUT2D eigenvalue weighted by molar-refractivity contribution is 5.57. The Kier molecular flexibility index (Phi) is 4.70. The van der Waals surface area contributed by atoms with Gasteiger partial charge in [-0.15, -0.1) is 0 Å². The molecule has 0 fully saturated rings. The molecule has 0 N–H and O–H groups in total. The molecule has 0 saturated carbocycles. The lowest BCUT2D eigenvalue weighted by Gasteiger charge is -1.95. The summed E-state index contributed by atoms with van der Waals surface area (Å²) in [6.45, 7) is 0. The molecular weight excluding hydrogens is 249 g/mol. The zero-order valence-electron chi connectivity index (χ0n) is 10.8. The molecule has 0 aliphatic carbocycles. The van der Waals surface area contributed by atoms with Crippen molar-refractivity contribution in [2.75, 3.05) is 0 Å². The Morgan fingerprint density at radius 3 is 2.40 bits per heavy atom. The quantitative estimate of drug-likeness (QED) is 0.588. The molecule has 0 aromatic heterocycles. The van der Waals surface area contributed by atoms with Crippen LogP contribution < -0.4 is 0 Å². The second-order valence-electron chi connectivity index (χ2n) is 4.18. The molecule has 2 heteroatoms. The fraction of sp³-hybridized carbons (Fsp3) is 0.0556. The number of hydrogen-bond donors (Lipinski definition) is 0. The lowest BCUT2D eigenvalue weighted by molar-refractivity contribution is 0.628. The second kappa shape index (κ2) is 6.92. The molecule has 0 radical (unpaired) electrons. The number of halogens is 1. The van der Waals surface area contributed by atoms with Crippen molar-refractivity contribution in [2.45, 2.75) is 6.42 Å². The molecule has 0 spiro atoms. The lowest BCUT2D eigenvalue weighted by Crippen LogP contribution is -1.80. The van der Waals surface area contributed by atoms with Crippen LogP contribution in [0.15, 0.2) is 60.2 Å². The molecule has 0 unspecified atom stereocenters. The topological polar surface area (TPSA) is 23.8 Å². The van der Waals surface area contributed by atoms with Crippen LogP contribution >= 0.6 is 0 Å². The third kappa shape index (κ3) is 4.12. The van der Waals surface area contributed by atoms with Crippen LogP contribution in [-0.2, 0) is 0 Å². The predicted molar refractivity (Wildman–Crippen MR) is 77.9 cm³/mol. The maximum absolute atomic E-state index is 12.8. The summed E-state index contributed by atoms with van der Waals surface area (Å²) in [4.78, 5) is 0. The standard InChI is InChI=1S/C18H12FN/c19-18-11-9-16(10-12-18)13-17(14-20)8-4-7-15-5-2-1-3-6-15/h1-3,5-6,9-13H,8H2/b17-13-. The van der Waals surface area contributed by atoms with E-state index in [0.29, 0.717) is 12.0 Å². The zero-order chi connectivity index (χ0) is 14.2. The normalized spacial score (nSPS) is 10.3. The Labute approximate surface area is 118 Å². The average molecular weight is 261 g/mol. The van der Waals surface area contributed by atoms with Gasteiger partial charge >= 0.3 is 0 Å². The van der Waals surface area contributed by atoms with E-state index in [0.717, 1.165) is 11.1 Å². The van der Waals surface area contributed by atoms with Gasteiger partial charge in [-0.3, -0.25) is 0 Å². The van der Waals surface area contributed by atoms with E-state index in [4.69, 9.17) is 5.26 Å². The van der Waals surface area contributed by atoms with Crippen LogP contribution in [-0.4, -0.2) is 0 Å². The van der Waals surface area contributed by atoms with Gasteiger partial charge in [0.05, 0.1) is 6.07 Å². The van der Waals surface area contributed by atoms with E-state index >= 15 is 0 Å². The summed E-state index contributed by atoms with van der Waals surface area (Å²) >= 11 is 0. The van der Waals surface area contributed by atoms with Crippen LogP contribution in [0.5, 0.6) is 0 Å². The minimum Gasteiger partial charge on any atom is -0.207 e. The van der Waals surface area contributed by atoms with Gasteiger partial charge in [0.15, 0.2) is 0 Å². The molecule has 96 valence electrons. The molecule has 2 aromatic rings. The molecule has 20 heavy (non-hydrogen) atoms. The van der Waals surface area contributed by atoms with Crippen molar-refractivity contribution in [2.24, 2.45) is 0 Å². The molecule has 1 nitrogen and oxygen atoms in total. The second-order valence-corrected chi connectivity index (χ2v) is 4.18. The van der Waals surface area contributed by atoms with E-state index in [1.165, 1.54) is 12.1 Å². The van der Waals surface area contributed by atoms with Gasteiger partial charge in [0.1, 0.15) is 5.82 Å². The minimum atomic E-state index is -0.287. The van der Waals surface area contributed by atoms with Crippen molar-refractivity contribution in [3.63, 3.8) is 0 Å². The van der Waals surface area contributed by atoms with Crippen molar-refractivity contribution in [3.8, 4) is 17.9 Å². The zero-order valence-corrected chi connectivity index (χ0v) is 10.8. The molecule has 2 rings (SSSR count). The maximum Gasteiger partial charge on any atom is 0.123 e. The summed E-state index contributed by atoms with van der Waals surface area (Å²) in [5.74, 6) is 5.68. The third-order valence-corrected chi connectivity index (χ3v) is 2.64. The molecule has 0 bridgehead atoms. The lowest BCUT2D eigenvalue weighted by atomic mass is 10.1. The van der Waals surface area contributed by atoms with Gasteiger partial charge in [-0.05, 0) is 35.9 Å². The van der Waals surface area contributed by atoms with E-state index in [-0.39, 0.29) is 5.82 Å². The summed E-state index contributed by atoms with van der Waals surface area (Å²) in [5.41, 5.74) is 2.27. The highest BCUT2D eigenvalue weighted by Gasteiger charge is 1.95. The van der Waals surface area contributed by atoms with Crippen LogP contribution in [0.4, 0.5) is 4.39 Å². The van der Waals surface area contributed by atoms with Gasteiger partial charge in [0.2, 0.25) is 0 Å².